The Morgan fingerprint density at radius 2 is 1.89 bits per heavy atom. The summed E-state index contributed by atoms with van der Waals surface area (Å²) in [5.41, 5.74) is 4.54. The highest BCUT2D eigenvalue weighted by atomic mass is 28.3. The second kappa shape index (κ2) is 7.20. The summed E-state index contributed by atoms with van der Waals surface area (Å²) in [6, 6.07) is 10.2. The zero-order valence-electron chi connectivity index (χ0n) is 11.7. The molecule has 1 aromatic rings. The van der Waals surface area contributed by atoms with Crippen molar-refractivity contribution in [2.45, 2.75) is 39.3 Å². The molecule has 0 saturated carbocycles. The molecule has 0 aliphatic rings. The van der Waals surface area contributed by atoms with Crippen LogP contribution in [0, 0.1) is 11.5 Å². The number of ether oxygens (including phenoxy) is 1. The summed E-state index contributed by atoms with van der Waals surface area (Å²) in [4.78, 5) is 0. The molecule has 2 heteroatoms. The standard InChI is InChI=1S/C16H22OSi/c1-5-9-16(12-13-18(2,3)4)17-14-15-10-7-6-8-11-15/h5-11,16H,14H2,1-4H3/b9-5+. The van der Waals surface area contributed by atoms with Crippen molar-refractivity contribution in [1.29, 1.82) is 0 Å². The topological polar surface area (TPSA) is 9.23 Å². The molecule has 0 amide bonds. The van der Waals surface area contributed by atoms with E-state index in [0.29, 0.717) is 6.61 Å². The molecule has 0 aromatic heterocycles. The fourth-order valence-electron chi connectivity index (χ4n) is 1.37. The highest BCUT2D eigenvalue weighted by Crippen LogP contribution is 2.05. The van der Waals surface area contributed by atoms with Crippen molar-refractivity contribution in [3.05, 3.63) is 48.0 Å². The molecular weight excluding hydrogens is 236 g/mol. The molecule has 0 aliphatic carbocycles. The van der Waals surface area contributed by atoms with Crippen LogP contribution in [0.2, 0.25) is 19.6 Å². The van der Waals surface area contributed by atoms with Crippen LogP contribution >= 0.6 is 0 Å². The second-order valence-corrected chi connectivity index (χ2v) is 10.0. The monoisotopic (exact) mass is 258 g/mol. The first-order valence-electron chi connectivity index (χ1n) is 6.32. The molecule has 1 atom stereocenters. The Morgan fingerprint density at radius 3 is 2.44 bits per heavy atom. The van der Waals surface area contributed by atoms with Gasteiger partial charge >= 0.3 is 0 Å². The van der Waals surface area contributed by atoms with Crippen molar-refractivity contribution in [2.24, 2.45) is 0 Å². The molecule has 0 spiro atoms. The third-order valence-electron chi connectivity index (χ3n) is 2.23. The molecule has 1 unspecified atom stereocenters. The van der Waals surface area contributed by atoms with Gasteiger partial charge in [-0.15, -0.1) is 5.54 Å². The average Bonchev–Trinajstić information content (AvgIpc) is 2.33. The van der Waals surface area contributed by atoms with E-state index in [1.165, 1.54) is 5.56 Å². The Labute approximate surface area is 112 Å². The maximum absolute atomic E-state index is 5.83. The molecule has 1 rings (SSSR count). The van der Waals surface area contributed by atoms with Gasteiger partial charge in [-0.2, -0.15) is 0 Å². The van der Waals surface area contributed by atoms with Crippen LogP contribution in [0.25, 0.3) is 0 Å². The van der Waals surface area contributed by atoms with Gasteiger partial charge in [-0.05, 0) is 18.6 Å². The van der Waals surface area contributed by atoms with Gasteiger partial charge in [-0.3, -0.25) is 0 Å². The van der Waals surface area contributed by atoms with Crippen molar-refractivity contribution in [1.82, 2.24) is 0 Å². The van der Waals surface area contributed by atoms with E-state index >= 15 is 0 Å². The van der Waals surface area contributed by atoms with Crippen molar-refractivity contribution < 1.29 is 4.74 Å². The zero-order valence-corrected chi connectivity index (χ0v) is 12.7. The van der Waals surface area contributed by atoms with Gasteiger partial charge in [0, 0.05) is 0 Å². The molecule has 0 bridgehead atoms. The summed E-state index contributed by atoms with van der Waals surface area (Å²) < 4.78 is 5.83. The lowest BCUT2D eigenvalue weighted by molar-refractivity contribution is 0.107. The van der Waals surface area contributed by atoms with Gasteiger partial charge in [0.25, 0.3) is 0 Å². The summed E-state index contributed by atoms with van der Waals surface area (Å²) in [5, 5.41) is 0. The normalized spacial score (nSPS) is 13.1. The third-order valence-corrected chi connectivity index (χ3v) is 3.12. The van der Waals surface area contributed by atoms with Crippen LogP contribution in [-0.4, -0.2) is 14.2 Å². The number of benzene rings is 1. The lowest BCUT2D eigenvalue weighted by Crippen LogP contribution is -2.18. The highest BCUT2D eigenvalue weighted by molar-refractivity contribution is 6.83. The van der Waals surface area contributed by atoms with E-state index in [4.69, 9.17) is 4.74 Å². The second-order valence-electron chi connectivity index (χ2n) is 5.26. The molecule has 96 valence electrons. The van der Waals surface area contributed by atoms with E-state index in [9.17, 15) is 0 Å². The molecule has 1 nitrogen and oxygen atoms in total. The summed E-state index contributed by atoms with van der Waals surface area (Å²) in [6.07, 6.45) is 3.91. The van der Waals surface area contributed by atoms with E-state index in [1.807, 2.05) is 37.3 Å². The Bertz CT molecular complexity index is 432. The van der Waals surface area contributed by atoms with Crippen molar-refractivity contribution in [3.8, 4) is 11.5 Å². The largest absolute Gasteiger partial charge is 0.357 e. The van der Waals surface area contributed by atoms with E-state index in [-0.39, 0.29) is 6.10 Å². The molecular formula is C16H22OSi. The van der Waals surface area contributed by atoms with Crippen LogP contribution in [-0.2, 0) is 11.3 Å². The van der Waals surface area contributed by atoms with E-state index in [0.717, 1.165) is 0 Å². The molecule has 0 saturated heterocycles. The molecule has 0 N–H and O–H groups in total. The number of allylic oxidation sites excluding steroid dienone is 1. The van der Waals surface area contributed by atoms with Gasteiger partial charge in [-0.1, -0.05) is 62.0 Å². The van der Waals surface area contributed by atoms with Gasteiger partial charge in [-0.25, -0.2) is 0 Å². The van der Waals surface area contributed by atoms with Gasteiger partial charge in [0.05, 0.1) is 6.61 Å². The number of hydrogen-bond acceptors (Lipinski definition) is 1. The zero-order chi connectivity index (χ0) is 13.4. The van der Waals surface area contributed by atoms with Crippen LogP contribution in [0.1, 0.15) is 12.5 Å². The maximum atomic E-state index is 5.83. The van der Waals surface area contributed by atoms with Crippen LogP contribution < -0.4 is 0 Å². The van der Waals surface area contributed by atoms with Gasteiger partial charge in [0.1, 0.15) is 14.2 Å². The van der Waals surface area contributed by atoms with Gasteiger partial charge in [0.15, 0.2) is 0 Å². The summed E-state index contributed by atoms with van der Waals surface area (Å²) in [7, 11) is -1.33. The smallest absolute Gasteiger partial charge is 0.136 e. The number of rotatable bonds is 4. The summed E-state index contributed by atoms with van der Waals surface area (Å²) in [5.74, 6) is 3.23. The van der Waals surface area contributed by atoms with Crippen molar-refractivity contribution in [2.75, 3.05) is 0 Å². The first kappa shape index (κ1) is 14.8. The molecule has 0 aliphatic heterocycles. The molecule has 0 heterocycles. The van der Waals surface area contributed by atoms with E-state index in [1.54, 1.807) is 0 Å². The lowest BCUT2D eigenvalue weighted by atomic mass is 10.2. The molecule has 1 aromatic carbocycles. The van der Waals surface area contributed by atoms with E-state index < -0.39 is 8.07 Å². The van der Waals surface area contributed by atoms with Crippen LogP contribution in [0.15, 0.2) is 42.5 Å². The minimum Gasteiger partial charge on any atom is -0.357 e. The summed E-state index contributed by atoms with van der Waals surface area (Å²) in [6.45, 7) is 9.32. The Hall–Kier alpha value is -1.30. The highest BCUT2D eigenvalue weighted by Gasteiger charge is 2.09. The Balaban J connectivity index is 2.61. The minimum absolute atomic E-state index is 0.0954. The number of hydrogen-bond donors (Lipinski definition) is 0. The molecule has 18 heavy (non-hydrogen) atoms. The summed E-state index contributed by atoms with van der Waals surface area (Å²) >= 11 is 0. The van der Waals surface area contributed by atoms with Gasteiger partial charge in [0.2, 0.25) is 0 Å². The van der Waals surface area contributed by atoms with Crippen LogP contribution in [0.3, 0.4) is 0 Å². The molecule has 0 radical (unpaired) electrons. The first-order chi connectivity index (χ1) is 8.51. The maximum Gasteiger partial charge on any atom is 0.136 e. The minimum atomic E-state index is -1.33. The fraction of sp³-hybridized carbons (Fsp3) is 0.375. The first-order valence-corrected chi connectivity index (χ1v) is 9.82. The molecule has 0 fully saturated rings. The van der Waals surface area contributed by atoms with Crippen molar-refractivity contribution in [3.63, 3.8) is 0 Å². The third kappa shape index (κ3) is 6.44. The van der Waals surface area contributed by atoms with Crippen molar-refractivity contribution >= 4 is 8.07 Å². The van der Waals surface area contributed by atoms with Gasteiger partial charge < -0.3 is 4.74 Å². The van der Waals surface area contributed by atoms with Crippen LogP contribution in [0.5, 0.6) is 0 Å². The predicted octanol–water partition coefficient (Wildman–Crippen LogP) is 4.03. The SMILES string of the molecule is C/C=C/C(C#C[Si](C)(C)C)OCc1ccccc1. The lowest BCUT2D eigenvalue weighted by Gasteiger charge is -2.10. The fourth-order valence-corrected chi connectivity index (χ4v) is 1.94. The van der Waals surface area contributed by atoms with E-state index in [2.05, 4.69) is 43.2 Å². The quantitative estimate of drug-likeness (QED) is 0.450. The Kier molecular flexibility index (Phi) is 5.90. The Morgan fingerprint density at radius 1 is 1.22 bits per heavy atom. The average molecular weight is 258 g/mol. The van der Waals surface area contributed by atoms with Crippen LogP contribution in [0.4, 0.5) is 0 Å². The predicted molar refractivity (Wildman–Crippen MR) is 81.0 cm³/mol.